The number of hydrogen-bond donors (Lipinski definition) is 1. The molecule has 0 aliphatic heterocycles. The van der Waals surface area contributed by atoms with Gasteiger partial charge in [0.15, 0.2) is 0 Å². The molecule has 5 heteroatoms. The molecule has 126 valence electrons. The van der Waals surface area contributed by atoms with Crippen molar-refractivity contribution < 1.29 is 14.3 Å². The first-order chi connectivity index (χ1) is 11.4. The Balaban J connectivity index is 1.97. The minimum absolute atomic E-state index is 0.0632. The van der Waals surface area contributed by atoms with Gasteiger partial charge in [-0.3, -0.25) is 4.79 Å². The second kappa shape index (κ2) is 6.44. The molecule has 1 amide bonds. The standard InChI is InChI=1S/C19H19ClFNO2/c1-11-7-18(23)15(9-16(11)20)14-8-13(5-6-17(14)21)19(24)22(2)10-12-3-4-12/h5-9,12,23H,3-4,10H2,1-2H3. The van der Waals surface area contributed by atoms with Gasteiger partial charge in [0.25, 0.3) is 5.91 Å². The van der Waals surface area contributed by atoms with Gasteiger partial charge in [0, 0.05) is 35.3 Å². The monoisotopic (exact) mass is 347 g/mol. The number of rotatable bonds is 4. The highest BCUT2D eigenvalue weighted by atomic mass is 35.5. The fraction of sp³-hybridized carbons (Fsp3) is 0.316. The van der Waals surface area contributed by atoms with Gasteiger partial charge in [-0.25, -0.2) is 4.39 Å². The van der Waals surface area contributed by atoms with E-state index in [1.165, 1.54) is 30.3 Å². The van der Waals surface area contributed by atoms with Gasteiger partial charge >= 0.3 is 0 Å². The van der Waals surface area contributed by atoms with Crippen LogP contribution >= 0.6 is 11.6 Å². The number of carbonyl (C=O) groups is 1. The number of phenolic OH excluding ortho intramolecular Hbond substituents is 1. The summed E-state index contributed by atoms with van der Waals surface area (Å²) in [5, 5.41) is 10.6. The van der Waals surface area contributed by atoms with Crippen LogP contribution < -0.4 is 0 Å². The van der Waals surface area contributed by atoms with Crippen LogP contribution in [0.2, 0.25) is 5.02 Å². The fourth-order valence-corrected chi connectivity index (χ4v) is 2.90. The molecular weight excluding hydrogens is 329 g/mol. The SMILES string of the molecule is Cc1cc(O)c(-c2cc(C(=O)N(C)CC3CC3)ccc2F)cc1Cl. The van der Waals surface area contributed by atoms with Crippen molar-refractivity contribution in [2.75, 3.05) is 13.6 Å². The highest BCUT2D eigenvalue weighted by molar-refractivity contribution is 6.31. The molecule has 0 aromatic heterocycles. The zero-order valence-corrected chi connectivity index (χ0v) is 14.4. The maximum absolute atomic E-state index is 14.3. The van der Waals surface area contributed by atoms with Gasteiger partial charge in [0.2, 0.25) is 0 Å². The third-order valence-corrected chi connectivity index (χ3v) is 4.76. The number of nitrogens with zero attached hydrogens (tertiary/aromatic N) is 1. The Labute approximate surface area is 145 Å². The summed E-state index contributed by atoms with van der Waals surface area (Å²) in [5.74, 6) is -0.141. The number of phenols is 1. The maximum atomic E-state index is 14.3. The van der Waals surface area contributed by atoms with Gasteiger partial charge < -0.3 is 10.0 Å². The van der Waals surface area contributed by atoms with E-state index in [1.807, 2.05) is 0 Å². The summed E-state index contributed by atoms with van der Waals surface area (Å²) in [6.45, 7) is 2.47. The molecule has 24 heavy (non-hydrogen) atoms. The quantitative estimate of drug-likeness (QED) is 0.875. The van der Waals surface area contributed by atoms with Gasteiger partial charge in [-0.1, -0.05) is 11.6 Å². The summed E-state index contributed by atoms with van der Waals surface area (Å²) in [6.07, 6.45) is 2.31. The highest BCUT2D eigenvalue weighted by Gasteiger charge is 2.25. The number of aryl methyl sites for hydroxylation is 1. The number of benzene rings is 2. The van der Waals surface area contributed by atoms with Crippen molar-refractivity contribution in [1.82, 2.24) is 4.90 Å². The number of amides is 1. The molecule has 1 aliphatic rings. The largest absolute Gasteiger partial charge is 0.507 e. The molecule has 3 nitrogen and oxygen atoms in total. The summed E-state index contributed by atoms with van der Waals surface area (Å²) in [7, 11) is 1.75. The lowest BCUT2D eigenvalue weighted by atomic mass is 9.99. The Hall–Kier alpha value is -2.07. The summed E-state index contributed by atoms with van der Waals surface area (Å²) in [4.78, 5) is 14.2. The van der Waals surface area contributed by atoms with Crippen LogP contribution in [-0.4, -0.2) is 29.5 Å². The lowest BCUT2D eigenvalue weighted by Gasteiger charge is -2.17. The zero-order chi connectivity index (χ0) is 17.4. The first-order valence-corrected chi connectivity index (χ1v) is 8.29. The van der Waals surface area contributed by atoms with Gasteiger partial charge in [-0.2, -0.15) is 0 Å². The average molecular weight is 348 g/mol. The third kappa shape index (κ3) is 3.39. The molecule has 1 N–H and O–H groups in total. The van der Waals surface area contributed by atoms with Crippen LogP contribution in [0.25, 0.3) is 11.1 Å². The van der Waals surface area contributed by atoms with E-state index >= 15 is 0 Å². The van der Waals surface area contributed by atoms with Crippen LogP contribution in [0.1, 0.15) is 28.8 Å². The Morgan fingerprint density at radius 1 is 1.29 bits per heavy atom. The van der Waals surface area contributed by atoms with E-state index in [9.17, 15) is 14.3 Å². The summed E-state index contributed by atoms with van der Waals surface area (Å²) < 4.78 is 14.3. The maximum Gasteiger partial charge on any atom is 0.253 e. The van der Waals surface area contributed by atoms with Crippen LogP contribution in [0, 0.1) is 18.7 Å². The first kappa shape index (κ1) is 16.8. The molecular formula is C19H19ClFNO2. The van der Waals surface area contributed by atoms with Crippen LogP contribution in [0.5, 0.6) is 5.75 Å². The first-order valence-electron chi connectivity index (χ1n) is 7.91. The zero-order valence-electron chi connectivity index (χ0n) is 13.6. The summed E-state index contributed by atoms with van der Waals surface area (Å²) in [5.41, 5.74) is 1.54. The molecule has 0 spiro atoms. The minimum Gasteiger partial charge on any atom is -0.507 e. The van der Waals surface area contributed by atoms with E-state index in [1.54, 1.807) is 18.9 Å². The predicted octanol–water partition coefficient (Wildman–Crippen LogP) is 4.64. The molecule has 3 rings (SSSR count). The molecule has 1 saturated carbocycles. The van der Waals surface area contributed by atoms with Crippen molar-refractivity contribution in [3.05, 3.63) is 52.3 Å². The molecule has 0 radical (unpaired) electrons. The van der Waals surface area contributed by atoms with E-state index in [0.717, 1.165) is 12.8 Å². The summed E-state index contributed by atoms with van der Waals surface area (Å²) >= 11 is 6.10. The number of halogens is 2. The number of hydrogen-bond acceptors (Lipinski definition) is 2. The highest BCUT2D eigenvalue weighted by Crippen LogP contribution is 2.36. The molecule has 1 aliphatic carbocycles. The van der Waals surface area contributed by atoms with Gasteiger partial charge in [0.05, 0.1) is 0 Å². The lowest BCUT2D eigenvalue weighted by molar-refractivity contribution is 0.0788. The third-order valence-electron chi connectivity index (χ3n) is 4.36. The normalized spacial score (nSPS) is 13.8. The van der Waals surface area contributed by atoms with Crippen LogP contribution in [0.3, 0.4) is 0 Å². The smallest absolute Gasteiger partial charge is 0.253 e. The second-order valence-electron chi connectivity index (χ2n) is 6.44. The average Bonchev–Trinajstić information content (AvgIpc) is 3.35. The van der Waals surface area contributed by atoms with E-state index in [-0.39, 0.29) is 22.8 Å². The molecule has 2 aromatic carbocycles. The van der Waals surface area contributed by atoms with Crippen LogP contribution in [-0.2, 0) is 0 Å². The van der Waals surface area contributed by atoms with Gasteiger partial charge in [-0.15, -0.1) is 0 Å². The van der Waals surface area contributed by atoms with E-state index in [4.69, 9.17) is 11.6 Å². The van der Waals surface area contributed by atoms with Crippen molar-refractivity contribution >= 4 is 17.5 Å². The minimum atomic E-state index is -0.508. The Bertz CT molecular complexity index is 802. The van der Waals surface area contributed by atoms with Crippen molar-refractivity contribution in [2.24, 2.45) is 5.92 Å². The van der Waals surface area contributed by atoms with Crippen LogP contribution in [0.4, 0.5) is 4.39 Å². The lowest BCUT2D eigenvalue weighted by Crippen LogP contribution is -2.28. The molecule has 2 aromatic rings. The Morgan fingerprint density at radius 2 is 2.00 bits per heavy atom. The van der Waals surface area contributed by atoms with E-state index < -0.39 is 5.82 Å². The van der Waals surface area contributed by atoms with Gasteiger partial charge in [-0.05, 0) is 61.6 Å². The molecule has 0 bridgehead atoms. The van der Waals surface area contributed by atoms with Crippen molar-refractivity contribution in [1.29, 1.82) is 0 Å². The number of carbonyl (C=O) groups excluding carboxylic acids is 1. The second-order valence-corrected chi connectivity index (χ2v) is 6.85. The van der Waals surface area contributed by atoms with E-state index in [0.29, 0.717) is 28.6 Å². The Kier molecular flexibility index (Phi) is 4.50. The van der Waals surface area contributed by atoms with Crippen molar-refractivity contribution in [3.63, 3.8) is 0 Å². The van der Waals surface area contributed by atoms with E-state index in [2.05, 4.69) is 0 Å². The topological polar surface area (TPSA) is 40.5 Å². The molecule has 0 unspecified atom stereocenters. The van der Waals surface area contributed by atoms with Crippen molar-refractivity contribution in [2.45, 2.75) is 19.8 Å². The molecule has 0 heterocycles. The predicted molar refractivity (Wildman–Crippen MR) is 92.9 cm³/mol. The van der Waals surface area contributed by atoms with Crippen molar-refractivity contribution in [3.8, 4) is 16.9 Å². The Morgan fingerprint density at radius 3 is 2.67 bits per heavy atom. The molecule has 0 saturated heterocycles. The summed E-state index contributed by atoms with van der Waals surface area (Å²) in [6, 6.07) is 7.21. The molecule has 0 atom stereocenters. The number of aromatic hydroxyl groups is 1. The fourth-order valence-electron chi connectivity index (χ4n) is 2.74. The molecule has 1 fully saturated rings. The van der Waals surface area contributed by atoms with Crippen LogP contribution in [0.15, 0.2) is 30.3 Å². The van der Waals surface area contributed by atoms with Gasteiger partial charge in [0.1, 0.15) is 11.6 Å².